The van der Waals surface area contributed by atoms with E-state index in [1.165, 1.54) is 0 Å². The lowest BCUT2D eigenvalue weighted by molar-refractivity contribution is -0.149. The zero-order valence-corrected chi connectivity index (χ0v) is 23.4. The van der Waals surface area contributed by atoms with Gasteiger partial charge in [0.15, 0.2) is 13.9 Å². The van der Waals surface area contributed by atoms with Crippen LogP contribution in [-0.4, -0.2) is 60.2 Å². The Morgan fingerprint density at radius 1 is 1.22 bits per heavy atom. The van der Waals surface area contributed by atoms with Crippen LogP contribution in [0.1, 0.15) is 31.7 Å². The number of ether oxygens (including phenoxy) is 1. The second kappa shape index (κ2) is 9.36. The minimum absolute atomic E-state index is 0.0623. The van der Waals surface area contributed by atoms with Gasteiger partial charge < -0.3 is 19.5 Å². The van der Waals surface area contributed by atoms with Crippen LogP contribution >= 0.6 is 15.9 Å². The van der Waals surface area contributed by atoms with Crippen molar-refractivity contribution in [1.82, 2.24) is 4.90 Å². The summed E-state index contributed by atoms with van der Waals surface area (Å²) in [7, 11) is -2.87. The van der Waals surface area contributed by atoms with Gasteiger partial charge in [0, 0.05) is 33.7 Å². The van der Waals surface area contributed by atoms with Crippen molar-refractivity contribution in [3.63, 3.8) is 0 Å². The standard InChI is InChI=1S/C27H33BrN2O5Si/c1-17-25(36(2,3)34)23(15-24(32)29-13-7-10-20(29)16-31)35-27(17)21-14-18(28)11-12-22(21)30(26(27)33)19-8-5-4-6-9-19/h4-6,8-9,11-12,14,17,20,23,25,31,34H,7,10,13,15-16H2,1-3H3/t17-,20+,23+,25-,27+/m1/s1. The first-order valence-corrected chi connectivity index (χ1v) is 16.4. The van der Waals surface area contributed by atoms with Crippen LogP contribution in [0.15, 0.2) is 53.0 Å². The maximum atomic E-state index is 14.4. The smallest absolute Gasteiger partial charge is 0.268 e. The molecule has 192 valence electrons. The summed E-state index contributed by atoms with van der Waals surface area (Å²) in [4.78, 5) is 42.6. The van der Waals surface area contributed by atoms with Crippen molar-refractivity contribution in [1.29, 1.82) is 0 Å². The van der Waals surface area contributed by atoms with Crippen LogP contribution in [0.4, 0.5) is 11.4 Å². The Morgan fingerprint density at radius 3 is 2.61 bits per heavy atom. The zero-order chi connectivity index (χ0) is 25.8. The molecule has 0 radical (unpaired) electrons. The number of carbonyl (C=O) groups is 2. The molecular weight excluding hydrogens is 540 g/mol. The number of carbonyl (C=O) groups excluding carboxylic acids is 2. The molecule has 2 fully saturated rings. The summed E-state index contributed by atoms with van der Waals surface area (Å²) in [6.07, 6.45) is 1.11. The normalized spacial score (nSPS) is 29.9. The van der Waals surface area contributed by atoms with Crippen LogP contribution in [0.3, 0.4) is 0 Å². The van der Waals surface area contributed by atoms with E-state index < -0.39 is 20.0 Å². The number of aliphatic hydroxyl groups is 1. The largest absolute Gasteiger partial charge is 0.432 e. The highest BCUT2D eigenvalue weighted by molar-refractivity contribution is 9.10. The molecule has 5 rings (SSSR count). The third-order valence-corrected chi connectivity index (χ3v) is 11.1. The molecule has 7 nitrogen and oxygen atoms in total. The van der Waals surface area contributed by atoms with Gasteiger partial charge in [-0.05, 0) is 56.3 Å². The Kier molecular flexibility index (Phi) is 6.66. The van der Waals surface area contributed by atoms with Gasteiger partial charge in [-0.2, -0.15) is 0 Å². The van der Waals surface area contributed by atoms with Gasteiger partial charge in [-0.15, -0.1) is 0 Å². The van der Waals surface area contributed by atoms with Crippen molar-refractivity contribution < 1.29 is 24.2 Å². The fourth-order valence-electron chi connectivity index (χ4n) is 6.65. The molecule has 2 aromatic carbocycles. The van der Waals surface area contributed by atoms with E-state index in [1.807, 2.05) is 68.5 Å². The maximum absolute atomic E-state index is 14.4. The van der Waals surface area contributed by atoms with Crippen molar-refractivity contribution in [3.8, 4) is 0 Å². The van der Waals surface area contributed by atoms with Gasteiger partial charge in [0.1, 0.15) is 0 Å². The van der Waals surface area contributed by atoms with Crippen molar-refractivity contribution in [2.45, 2.75) is 62.6 Å². The van der Waals surface area contributed by atoms with Gasteiger partial charge in [-0.3, -0.25) is 14.5 Å². The van der Waals surface area contributed by atoms with Crippen molar-refractivity contribution in [2.24, 2.45) is 5.92 Å². The van der Waals surface area contributed by atoms with Gasteiger partial charge in [-0.25, -0.2) is 0 Å². The molecule has 0 saturated carbocycles. The highest BCUT2D eigenvalue weighted by atomic mass is 79.9. The van der Waals surface area contributed by atoms with Gasteiger partial charge in [0.25, 0.3) is 5.91 Å². The Balaban J connectivity index is 1.58. The number of hydrogen-bond donors (Lipinski definition) is 2. The lowest BCUT2D eigenvalue weighted by Crippen LogP contribution is -2.45. The Hall–Kier alpha value is -2.04. The van der Waals surface area contributed by atoms with E-state index >= 15 is 0 Å². The molecule has 36 heavy (non-hydrogen) atoms. The highest BCUT2D eigenvalue weighted by Gasteiger charge is 2.66. The summed E-state index contributed by atoms with van der Waals surface area (Å²) in [6, 6.07) is 15.1. The van der Waals surface area contributed by atoms with E-state index in [0.29, 0.717) is 6.54 Å². The molecule has 5 atom stereocenters. The molecule has 0 bridgehead atoms. The molecule has 3 heterocycles. The summed E-state index contributed by atoms with van der Waals surface area (Å²) in [5.41, 5.74) is 0.621. The molecule has 9 heteroatoms. The number of nitrogens with zero attached hydrogens (tertiary/aromatic N) is 2. The minimum Gasteiger partial charge on any atom is -0.432 e. The number of aliphatic hydroxyl groups excluding tert-OH is 1. The lowest BCUT2D eigenvalue weighted by Gasteiger charge is -2.32. The quantitative estimate of drug-likeness (QED) is 0.521. The van der Waals surface area contributed by atoms with Gasteiger partial charge in [0.2, 0.25) is 5.91 Å². The summed E-state index contributed by atoms with van der Waals surface area (Å²) in [5.74, 6) is -0.630. The summed E-state index contributed by atoms with van der Waals surface area (Å²) < 4.78 is 7.59. The number of para-hydroxylation sites is 1. The number of likely N-dealkylation sites (tertiary alicyclic amines) is 1. The van der Waals surface area contributed by atoms with E-state index in [9.17, 15) is 19.5 Å². The average Bonchev–Trinajstić information content (AvgIpc) is 3.49. The molecule has 3 aliphatic rings. The molecule has 0 aromatic heterocycles. The Morgan fingerprint density at radius 2 is 1.94 bits per heavy atom. The molecular formula is C27H33BrN2O5Si. The Bertz CT molecular complexity index is 1170. The second-order valence-electron chi connectivity index (χ2n) is 10.8. The molecule has 3 aliphatic heterocycles. The van der Waals surface area contributed by atoms with E-state index in [0.717, 1.165) is 34.3 Å². The van der Waals surface area contributed by atoms with E-state index in [1.54, 1.807) is 9.80 Å². The first-order valence-electron chi connectivity index (χ1n) is 12.6. The van der Waals surface area contributed by atoms with Crippen LogP contribution in [0, 0.1) is 5.92 Å². The topological polar surface area (TPSA) is 90.3 Å². The highest BCUT2D eigenvalue weighted by Crippen LogP contribution is 2.61. The zero-order valence-electron chi connectivity index (χ0n) is 20.9. The molecule has 2 aromatic rings. The molecule has 1 spiro atoms. The van der Waals surface area contributed by atoms with E-state index in [2.05, 4.69) is 15.9 Å². The maximum Gasteiger partial charge on any atom is 0.268 e. The number of halogens is 1. The first kappa shape index (κ1) is 25.6. The third kappa shape index (κ3) is 3.96. The average molecular weight is 574 g/mol. The number of hydrogen-bond acceptors (Lipinski definition) is 5. The lowest BCUT2D eigenvalue weighted by atomic mass is 9.82. The second-order valence-corrected chi connectivity index (χ2v) is 15.7. The predicted octanol–water partition coefficient (Wildman–Crippen LogP) is 4.30. The number of amides is 2. The number of rotatable bonds is 5. The number of benzene rings is 2. The summed E-state index contributed by atoms with van der Waals surface area (Å²) >= 11 is 3.57. The van der Waals surface area contributed by atoms with Crippen LogP contribution in [-0.2, 0) is 19.9 Å². The monoisotopic (exact) mass is 572 g/mol. The summed E-state index contributed by atoms with van der Waals surface area (Å²) in [6.45, 7) is 6.24. The molecule has 2 amide bonds. The molecule has 2 N–H and O–H groups in total. The van der Waals surface area contributed by atoms with Gasteiger partial charge in [-0.1, -0.05) is 41.1 Å². The molecule has 0 unspecified atom stereocenters. The Labute approximate surface area is 221 Å². The van der Waals surface area contributed by atoms with Crippen LogP contribution in [0.5, 0.6) is 0 Å². The fraction of sp³-hybridized carbons (Fsp3) is 0.481. The third-order valence-electron chi connectivity index (χ3n) is 8.15. The predicted molar refractivity (Wildman–Crippen MR) is 143 cm³/mol. The summed E-state index contributed by atoms with van der Waals surface area (Å²) in [5, 5.41) is 9.73. The molecule has 0 aliphatic carbocycles. The van der Waals surface area contributed by atoms with Crippen LogP contribution < -0.4 is 4.90 Å². The van der Waals surface area contributed by atoms with Crippen molar-refractivity contribution in [2.75, 3.05) is 18.1 Å². The van der Waals surface area contributed by atoms with Crippen molar-refractivity contribution in [3.05, 3.63) is 58.6 Å². The van der Waals surface area contributed by atoms with Crippen LogP contribution in [0.2, 0.25) is 18.6 Å². The van der Waals surface area contributed by atoms with Crippen LogP contribution in [0.25, 0.3) is 0 Å². The van der Waals surface area contributed by atoms with Gasteiger partial charge >= 0.3 is 0 Å². The molecule has 2 saturated heterocycles. The number of anilines is 2. The number of fused-ring (bicyclic) bond motifs is 2. The van der Waals surface area contributed by atoms with E-state index in [4.69, 9.17) is 4.74 Å². The van der Waals surface area contributed by atoms with Gasteiger partial charge in [0.05, 0.1) is 30.9 Å². The first-order chi connectivity index (χ1) is 17.1. The minimum atomic E-state index is -2.87. The van der Waals surface area contributed by atoms with Crippen molar-refractivity contribution >= 4 is 47.4 Å². The SMILES string of the molecule is C[C@@H]1[C@@H]([Si](C)(C)O)[C@H](CC(=O)N2CCC[C@H]2CO)O[C@@]12C(=O)N(c1ccccc1)c1ccc(Br)cc12. The van der Waals surface area contributed by atoms with E-state index in [-0.39, 0.29) is 42.3 Å². The fourth-order valence-corrected chi connectivity index (χ4v) is 9.57.